The molecule has 3 nitrogen and oxygen atoms in total. The van der Waals surface area contributed by atoms with Gasteiger partial charge in [-0.15, -0.1) is 11.3 Å². The Morgan fingerprint density at radius 2 is 1.95 bits per heavy atom. The molecule has 2 heterocycles. The third-order valence-corrected chi connectivity index (χ3v) is 5.31. The summed E-state index contributed by atoms with van der Waals surface area (Å²) in [7, 11) is 0. The molecule has 0 aliphatic carbocycles. The molecule has 2 aromatic carbocycles. The molecule has 0 spiro atoms. The number of anilines is 1. The van der Waals surface area contributed by atoms with Gasteiger partial charge in [-0.05, 0) is 41.4 Å². The molecule has 0 radical (unpaired) electrons. The third kappa shape index (κ3) is 2.34. The molecule has 0 aliphatic rings. The molecule has 21 heavy (non-hydrogen) atoms. The van der Waals surface area contributed by atoms with Gasteiger partial charge in [-0.25, -0.2) is 9.97 Å². The first kappa shape index (κ1) is 12.6. The lowest BCUT2D eigenvalue weighted by molar-refractivity contribution is 1.17. The molecule has 0 saturated heterocycles. The van der Waals surface area contributed by atoms with Crippen LogP contribution in [0.5, 0.6) is 0 Å². The largest absolute Gasteiger partial charge is 0.399 e. The van der Waals surface area contributed by atoms with Crippen molar-refractivity contribution in [2.75, 3.05) is 5.73 Å². The van der Waals surface area contributed by atoms with Crippen LogP contribution in [0.4, 0.5) is 5.69 Å². The summed E-state index contributed by atoms with van der Waals surface area (Å²) in [5.74, 6) is 0. The van der Waals surface area contributed by atoms with Gasteiger partial charge in [-0.2, -0.15) is 0 Å². The van der Waals surface area contributed by atoms with Crippen LogP contribution in [-0.4, -0.2) is 9.97 Å². The van der Waals surface area contributed by atoms with Gasteiger partial charge in [0.1, 0.15) is 5.03 Å². The van der Waals surface area contributed by atoms with E-state index in [1.807, 2.05) is 42.6 Å². The predicted octanol–water partition coefficient (Wildman–Crippen LogP) is 4.58. The fourth-order valence-electron chi connectivity index (χ4n) is 2.22. The summed E-state index contributed by atoms with van der Waals surface area (Å²) in [5.41, 5.74) is 7.57. The number of hydrogen-bond acceptors (Lipinski definition) is 5. The lowest BCUT2D eigenvalue weighted by Crippen LogP contribution is -1.82. The van der Waals surface area contributed by atoms with Gasteiger partial charge in [0, 0.05) is 17.3 Å². The first-order valence-electron chi connectivity index (χ1n) is 6.47. The first-order chi connectivity index (χ1) is 10.3. The van der Waals surface area contributed by atoms with Crippen molar-refractivity contribution < 1.29 is 0 Å². The van der Waals surface area contributed by atoms with Crippen molar-refractivity contribution in [2.24, 2.45) is 0 Å². The normalized spacial score (nSPS) is 11.2. The second-order valence-electron chi connectivity index (χ2n) is 4.65. The van der Waals surface area contributed by atoms with E-state index in [0.29, 0.717) is 0 Å². The number of pyridine rings is 1. The third-order valence-electron chi connectivity index (χ3n) is 3.21. The van der Waals surface area contributed by atoms with Crippen molar-refractivity contribution in [1.82, 2.24) is 9.97 Å². The number of hydrogen-bond donors (Lipinski definition) is 1. The minimum absolute atomic E-state index is 0.769. The van der Waals surface area contributed by atoms with Gasteiger partial charge in [-0.1, -0.05) is 24.3 Å². The van der Waals surface area contributed by atoms with E-state index in [0.717, 1.165) is 30.7 Å². The molecule has 2 N–H and O–H groups in total. The highest BCUT2D eigenvalue weighted by atomic mass is 32.2. The molecule has 0 atom stereocenters. The Hall–Kier alpha value is -2.11. The van der Waals surface area contributed by atoms with Crippen molar-refractivity contribution in [2.45, 2.75) is 9.37 Å². The van der Waals surface area contributed by atoms with Crippen molar-refractivity contribution in [1.29, 1.82) is 0 Å². The Labute approximate surface area is 129 Å². The van der Waals surface area contributed by atoms with E-state index in [2.05, 4.69) is 22.1 Å². The minimum Gasteiger partial charge on any atom is -0.399 e. The SMILES string of the molecule is Nc1ccc2nc(Sc3nccc4ccccc34)sc2c1. The molecule has 5 heteroatoms. The number of nitrogens with zero attached hydrogens (tertiary/aromatic N) is 2. The van der Waals surface area contributed by atoms with E-state index in [-0.39, 0.29) is 0 Å². The molecule has 0 bridgehead atoms. The number of nitrogen functional groups attached to an aromatic ring is 1. The molecular weight excluding hydrogens is 298 g/mol. The maximum absolute atomic E-state index is 5.82. The average Bonchev–Trinajstić information content (AvgIpc) is 2.89. The lowest BCUT2D eigenvalue weighted by atomic mass is 10.2. The summed E-state index contributed by atoms with van der Waals surface area (Å²) < 4.78 is 2.09. The standard InChI is InChI=1S/C16H11N3S2/c17-11-5-6-13-14(9-11)20-16(19-13)21-15-12-4-2-1-3-10(12)7-8-18-15/h1-9H,17H2. The first-order valence-corrected chi connectivity index (χ1v) is 8.10. The fraction of sp³-hybridized carbons (Fsp3) is 0. The fourth-order valence-corrected chi connectivity index (χ4v) is 4.36. The van der Waals surface area contributed by atoms with Gasteiger partial charge >= 0.3 is 0 Å². The van der Waals surface area contributed by atoms with Gasteiger partial charge in [-0.3, -0.25) is 0 Å². The Morgan fingerprint density at radius 1 is 1.05 bits per heavy atom. The number of rotatable bonds is 2. The van der Waals surface area contributed by atoms with Crippen LogP contribution in [0.15, 0.2) is 64.1 Å². The highest BCUT2D eigenvalue weighted by molar-refractivity contribution is 8.01. The minimum atomic E-state index is 0.769. The van der Waals surface area contributed by atoms with E-state index in [1.165, 1.54) is 5.39 Å². The molecule has 102 valence electrons. The summed E-state index contributed by atoms with van der Waals surface area (Å²) in [5, 5.41) is 3.34. The molecule has 2 aromatic heterocycles. The summed E-state index contributed by atoms with van der Waals surface area (Å²) in [6.07, 6.45) is 1.84. The van der Waals surface area contributed by atoms with Crippen LogP contribution in [0.2, 0.25) is 0 Å². The molecule has 4 aromatic rings. The topological polar surface area (TPSA) is 51.8 Å². The molecule has 0 aliphatic heterocycles. The lowest BCUT2D eigenvalue weighted by Gasteiger charge is -2.02. The number of thiazole rings is 1. The molecule has 0 fully saturated rings. The summed E-state index contributed by atoms with van der Waals surface area (Å²) in [4.78, 5) is 9.14. The monoisotopic (exact) mass is 309 g/mol. The van der Waals surface area contributed by atoms with E-state index < -0.39 is 0 Å². The predicted molar refractivity (Wildman–Crippen MR) is 89.9 cm³/mol. The van der Waals surface area contributed by atoms with Crippen LogP contribution >= 0.6 is 23.1 Å². The number of aromatic nitrogens is 2. The van der Waals surface area contributed by atoms with Crippen molar-refractivity contribution in [3.8, 4) is 0 Å². The Bertz CT molecular complexity index is 941. The summed E-state index contributed by atoms with van der Waals surface area (Å²) >= 11 is 3.25. The molecule has 0 amide bonds. The van der Waals surface area contributed by atoms with Gasteiger partial charge in [0.2, 0.25) is 0 Å². The van der Waals surface area contributed by atoms with Crippen LogP contribution in [0.3, 0.4) is 0 Å². The van der Waals surface area contributed by atoms with Crippen molar-refractivity contribution in [3.05, 3.63) is 54.7 Å². The zero-order chi connectivity index (χ0) is 14.2. The average molecular weight is 309 g/mol. The van der Waals surface area contributed by atoms with Crippen LogP contribution in [0.25, 0.3) is 21.0 Å². The Balaban J connectivity index is 1.79. The Morgan fingerprint density at radius 3 is 2.90 bits per heavy atom. The highest BCUT2D eigenvalue weighted by Crippen LogP contribution is 2.36. The number of nitrogens with two attached hydrogens (primary N) is 1. The second kappa shape index (κ2) is 5.02. The van der Waals surface area contributed by atoms with E-state index in [1.54, 1.807) is 23.1 Å². The van der Waals surface area contributed by atoms with Crippen LogP contribution in [0.1, 0.15) is 0 Å². The summed E-state index contributed by atoms with van der Waals surface area (Å²) in [6, 6.07) is 16.1. The molecular formula is C16H11N3S2. The maximum atomic E-state index is 5.82. The van der Waals surface area contributed by atoms with E-state index >= 15 is 0 Å². The van der Waals surface area contributed by atoms with Gasteiger partial charge < -0.3 is 5.73 Å². The van der Waals surface area contributed by atoms with Crippen molar-refractivity contribution >= 4 is 49.8 Å². The smallest absolute Gasteiger partial charge is 0.157 e. The molecule has 4 rings (SSSR count). The van der Waals surface area contributed by atoms with E-state index in [4.69, 9.17) is 5.73 Å². The number of benzene rings is 2. The van der Waals surface area contributed by atoms with Gasteiger partial charge in [0.25, 0.3) is 0 Å². The van der Waals surface area contributed by atoms with Crippen LogP contribution in [0, 0.1) is 0 Å². The zero-order valence-electron chi connectivity index (χ0n) is 11.0. The second-order valence-corrected chi connectivity index (χ2v) is 6.91. The number of fused-ring (bicyclic) bond motifs is 2. The van der Waals surface area contributed by atoms with Gasteiger partial charge in [0.15, 0.2) is 4.34 Å². The van der Waals surface area contributed by atoms with Crippen molar-refractivity contribution in [3.63, 3.8) is 0 Å². The van der Waals surface area contributed by atoms with Crippen LogP contribution in [-0.2, 0) is 0 Å². The summed E-state index contributed by atoms with van der Waals surface area (Å²) in [6.45, 7) is 0. The van der Waals surface area contributed by atoms with Crippen LogP contribution < -0.4 is 5.73 Å². The van der Waals surface area contributed by atoms with E-state index in [9.17, 15) is 0 Å². The quantitative estimate of drug-likeness (QED) is 0.551. The zero-order valence-corrected chi connectivity index (χ0v) is 12.6. The van der Waals surface area contributed by atoms with Gasteiger partial charge in [0.05, 0.1) is 10.2 Å². The molecule has 0 unspecified atom stereocenters. The maximum Gasteiger partial charge on any atom is 0.157 e. The molecule has 0 saturated carbocycles. The Kier molecular flexibility index (Phi) is 3.02. The highest BCUT2D eigenvalue weighted by Gasteiger charge is 2.09.